The molecule has 1 aromatic heterocycles. The third-order valence-electron chi connectivity index (χ3n) is 4.78. The Labute approximate surface area is 180 Å². The highest BCUT2D eigenvalue weighted by molar-refractivity contribution is 6.06. The van der Waals surface area contributed by atoms with Gasteiger partial charge in [0.05, 0.1) is 35.5 Å². The second-order valence-corrected chi connectivity index (χ2v) is 6.51. The molecule has 0 fully saturated rings. The number of aromatic nitrogens is 2. The molecular formula is C22H25N3O6. The van der Waals surface area contributed by atoms with Gasteiger partial charge >= 0.3 is 0 Å². The Morgan fingerprint density at radius 3 is 2.00 bits per heavy atom. The van der Waals surface area contributed by atoms with Crippen LogP contribution in [0.2, 0.25) is 0 Å². The number of amides is 1. The minimum atomic E-state index is -0.382. The van der Waals surface area contributed by atoms with Crippen molar-refractivity contribution >= 4 is 11.7 Å². The van der Waals surface area contributed by atoms with Crippen LogP contribution in [-0.4, -0.2) is 51.7 Å². The first-order valence-corrected chi connectivity index (χ1v) is 9.36. The zero-order valence-corrected chi connectivity index (χ0v) is 18.3. The fourth-order valence-electron chi connectivity index (χ4n) is 3.26. The molecule has 0 radical (unpaired) electrons. The van der Waals surface area contributed by atoms with Crippen molar-refractivity contribution in [2.24, 2.45) is 0 Å². The summed E-state index contributed by atoms with van der Waals surface area (Å²) in [5.74, 6) is 2.34. The van der Waals surface area contributed by atoms with Gasteiger partial charge in [0.1, 0.15) is 0 Å². The van der Waals surface area contributed by atoms with E-state index >= 15 is 0 Å². The Hall–Kier alpha value is -3.88. The molecule has 0 spiro atoms. The van der Waals surface area contributed by atoms with Crippen molar-refractivity contribution in [2.45, 2.75) is 6.92 Å². The number of nitrogens with one attached hydrogen (secondary N) is 2. The first-order chi connectivity index (χ1) is 15.0. The molecular weight excluding hydrogens is 402 g/mol. The lowest BCUT2D eigenvalue weighted by Gasteiger charge is -2.14. The highest BCUT2D eigenvalue weighted by Gasteiger charge is 2.21. The largest absolute Gasteiger partial charge is 0.493 e. The second kappa shape index (κ2) is 9.29. The molecule has 164 valence electrons. The molecule has 0 aliphatic heterocycles. The van der Waals surface area contributed by atoms with Gasteiger partial charge in [0.25, 0.3) is 5.91 Å². The van der Waals surface area contributed by atoms with Crippen LogP contribution in [0.4, 0.5) is 5.82 Å². The topological polar surface area (TPSA) is 104 Å². The van der Waals surface area contributed by atoms with E-state index < -0.39 is 0 Å². The van der Waals surface area contributed by atoms with Gasteiger partial charge in [-0.05, 0) is 36.8 Å². The van der Waals surface area contributed by atoms with Crippen molar-refractivity contribution in [3.63, 3.8) is 0 Å². The zero-order valence-electron chi connectivity index (χ0n) is 18.3. The maximum atomic E-state index is 13.0. The standard InChI is InChI=1S/C22H25N3O6/c1-12-19(13-7-8-15(27-2)16(9-13)28-3)21(25-24-12)23-22(26)14-10-17(29-4)20(31-6)18(11-14)30-5/h7-11H,1-6H3,(H2,23,24,25,26). The van der Waals surface area contributed by atoms with Crippen molar-refractivity contribution in [1.82, 2.24) is 10.2 Å². The lowest BCUT2D eigenvalue weighted by atomic mass is 10.0. The lowest BCUT2D eigenvalue weighted by molar-refractivity contribution is 0.102. The average Bonchev–Trinajstić information content (AvgIpc) is 3.16. The van der Waals surface area contributed by atoms with Crippen LogP contribution in [-0.2, 0) is 0 Å². The maximum absolute atomic E-state index is 13.0. The molecule has 9 heteroatoms. The Bertz CT molecular complexity index is 1070. The molecule has 0 saturated heterocycles. The van der Waals surface area contributed by atoms with Gasteiger partial charge < -0.3 is 29.0 Å². The van der Waals surface area contributed by atoms with Gasteiger partial charge in [0.15, 0.2) is 28.8 Å². The van der Waals surface area contributed by atoms with Crippen molar-refractivity contribution in [3.8, 4) is 39.9 Å². The summed E-state index contributed by atoms with van der Waals surface area (Å²) in [6, 6.07) is 8.64. The van der Waals surface area contributed by atoms with Gasteiger partial charge in [-0.3, -0.25) is 9.89 Å². The highest BCUT2D eigenvalue weighted by atomic mass is 16.5. The van der Waals surface area contributed by atoms with E-state index in [0.717, 1.165) is 16.8 Å². The molecule has 1 amide bonds. The van der Waals surface area contributed by atoms with E-state index in [1.54, 1.807) is 32.4 Å². The third kappa shape index (κ3) is 4.20. The molecule has 31 heavy (non-hydrogen) atoms. The van der Waals surface area contributed by atoms with E-state index in [-0.39, 0.29) is 5.91 Å². The Kier molecular flexibility index (Phi) is 6.54. The zero-order chi connectivity index (χ0) is 22.5. The van der Waals surface area contributed by atoms with Crippen molar-refractivity contribution < 1.29 is 28.5 Å². The molecule has 9 nitrogen and oxygen atoms in total. The van der Waals surface area contributed by atoms with Crippen LogP contribution in [0.5, 0.6) is 28.7 Å². The number of carbonyl (C=O) groups is 1. The van der Waals surface area contributed by atoms with Crippen molar-refractivity contribution in [3.05, 3.63) is 41.6 Å². The minimum absolute atomic E-state index is 0.327. The van der Waals surface area contributed by atoms with Crippen LogP contribution in [0.25, 0.3) is 11.1 Å². The summed E-state index contributed by atoms with van der Waals surface area (Å²) in [7, 11) is 7.62. The van der Waals surface area contributed by atoms with Crippen LogP contribution in [0.1, 0.15) is 16.1 Å². The number of aryl methyl sites for hydroxylation is 1. The molecule has 3 rings (SSSR count). The smallest absolute Gasteiger partial charge is 0.257 e. The van der Waals surface area contributed by atoms with Crippen LogP contribution in [0, 0.1) is 6.92 Å². The fourth-order valence-corrected chi connectivity index (χ4v) is 3.26. The normalized spacial score (nSPS) is 10.4. The summed E-state index contributed by atoms with van der Waals surface area (Å²) >= 11 is 0. The van der Waals surface area contributed by atoms with Gasteiger partial charge in [-0.15, -0.1) is 0 Å². The summed E-state index contributed by atoms with van der Waals surface area (Å²) in [5, 5.41) is 10.0. The molecule has 3 aromatic rings. The summed E-state index contributed by atoms with van der Waals surface area (Å²) in [6.45, 7) is 1.87. The van der Waals surface area contributed by atoms with E-state index in [2.05, 4.69) is 15.5 Å². The van der Waals surface area contributed by atoms with Gasteiger partial charge in [0, 0.05) is 16.8 Å². The number of anilines is 1. The predicted octanol–water partition coefficient (Wildman–Crippen LogP) is 3.68. The van der Waals surface area contributed by atoms with E-state index in [4.69, 9.17) is 23.7 Å². The second-order valence-electron chi connectivity index (χ2n) is 6.51. The molecule has 2 N–H and O–H groups in total. The molecule has 0 saturated carbocycles. The van der Waals surface area contributed by atoms with E-state index in [1.807, 2.05) is 19.1 Å². The number of rotatable bonds is 8. The summed E-state index contributed by atoms with van der Waals surface area (Å²) < 4.78 is 26.7. The Morgan fingerprint density at radius 1 is 0.839 bits per heavy atom. The first kappa shape index (κ1) is 21.8. The predicted molar refractivity (Wildman–Crippen MR) is 116 cm³/mol. The van der Waals surface area contributed by atoms with E-state index in [9.17, 15) is 4.79 Å². The SMILES string of the molecule is COc1ccc(-c2c(NC(=O)c3cc(OC)c(OC)c(OC)c3)n[nH]c2C)cc1OC. The van der Waals surface area contributed by atoms with Crippen LogP contribution in [0.15, 0.2) is 30.3 Å². The van der Waals surface area contributed by atoms with E-state index in [1.165, 1.54) is 21.3 Å². The number of nitrogens with zero attached hydrogens (tertiary/aromatic N) is 1. The molecule has 0 aliphatic carbocycles. The minimum Gasteiger partial charge on any atom is -0.493 e. The Morgan fingerprint density at radius 2 is 1.45 bits per heavy atom. The first-order valence-electron chi connectivity index (χ1n) is 9.36. The Balaban J connectivity index is 1.98. The van der Waals surface area contributed by atoms with E-state index in [0.29, 0.717) is 40.1 Å². The van der Waals surface area contributed by atoms with Gasteiger partial charge in [0.2, 0.25) is 5.75 Å². The van der Waals surface area contributed by atoms with Gasteiger partial charge in [-0.25, -0.2) is 0 Å². The molecule has 0 aliphatic rings. The monoisotopic (exact) mass is 427 g/mol. The summed E-state index contributed by atoms with van der Waals surface area (Å²) in [4.78, 5) is 13.0. The highest BCUT2D eigenvalue weighted by Crippen LogP contribution is 2.39. The molecule has 0 atom stereocenters. The van der Waals surface area contributed by atoms with Gasteiger partial charge in [-0.2, -0.15) is 5.10 Å². The molecule has 0 bridgehead atoms. The quantitative estimate of drug-likeness (QED) is 0.565. The number of H-pyrrole nitrogens is 1. The number of carbonyl (C=O) groups excluding carboxylic acids is 1. The van der Waals surface area contributed by atoms with Crippen molar-refractivity contribution in [2.75, 3.05) is 40.9 Å². The van der Waals surface area contributed by atoms with Crippen LogP contribution >= 0.6 is 0 Å². The molecule has 2 aromatic carbocycles. The number of aromatic amines is 1. The average molecular weight is 427 g/mol. The molecule has 0 unspecified atom stereocenters. The summed E-state index contributed by atoms with van der Waals surface area (Å²) in [6.07, 6.45) is 0. The summed E-state index contributed by atoms with van der Waals surface area (Å²) in [5.41, 5.74) is 2.66. The third-order valence-corrected chi connectivity index (χ3v) is 4.78. The number of ether oxygens (including phenoxy) is 5. The fraction of sp³-hybridized carbons (Fsp3) is 0.273. The van der Waals surface area contributed by atoms with Crippen LogP contribution < -0.4 is 29.0 Å². The van der Waals surface area contributed by atoms with Crippen molar-refractivity contribution in [1.29, 1.82) is 0 Å². The van der Waals surface area contributed by atoms with Gasteiger partial charge in [-0.1, -0.05) is 6.07 Å². The number of hydrogen-bond acceptors (Lipinski definition) is 7. The number of hydrogen-bond donors (Lipinski definition) is 2. The number of methoxy groups -OCH3 is 5. The van der Waals surface area contributed by atoms with Crippen LogP contribution in [0.3, 0.4) is 0 Å². The molecule has 1 heterocycles. The lowest BCUT2D eigenvalue weighted by Crippen LogP contribution is -2.13. The maximum Gasteiger partial charge on any atom is 0.257 e. The number of benzene rings is 2.